The standard InChI is InChI=1S/C19H16N6S/c1-4-14(12-24-8-3-7-20-24)10-15(5-1)18-22-17-11-21-25(19(17)23-18)13-16-6-2-9-26-16/h1-11H,12-13H2,(H,22,23). The van der Waals surface area contributed by atoms with Crippen molar-refractivity contribution in [2.24, 2.45) is 0 Å². The molecule has 1 aromatic carbocycles. The summed E-state index contributed by atoms with van der Waals surface area (Å²) in [4.78, 5) is 9.44. The van der Waals surface area contributed by atoms with Crippen molar-refractivity contribution in [3.63, 3.8) is 0 Å². The van der Waals surface area contributed by atoms with E-state index in [1.807, 2.05) is 27.8 Å². The molecule has 0 bridgehead atoms. The number of aromatic nitrogens is 6. The van der Waals surface area contributed by atoms with Crippen LogP contribution in [-0.2, 0) is 13.1 Å². The SMILES string of the molecule is c1cc(Cn2cccn2)cc(-c2nc3c(cnn3Cc3cccs3)[nH]2)c1. The van der Waals surface area contributed by atoms with Gasteiger partial charge in [0.1, 0.15) is 11.3 Å². The number of fused-ring (bicyclic) bond motifs is 1. The second-order valence-corrected chi connectivity index (χ2v) is 7.14. The van der Waals surface area contributed by atoms with Gasteiger partial charge in [0.15, 0.2) is 5.65 Å². The largest absolute Gasteiger partial charge is 0.335 e. The van der Waals surface area contributed by atoms with E-state index in [1.165, 1.54) is 10.4 Å². The van der Waals surface area contributed by atoms with Crippen molar-refractivity contribution in [2.75, 3.05) is 0 Å². The van der Waals surface area contributed by atoms with Crippen LogP contribution in [0.25, 0.3) is 22.6 Å². The molecule has 0 spiro atoms. The molecule has 0 saturated heterocycles. The molecule has 0 aliphatic rings. The van der Waals surface area contributed by atoms with Gasteiger partial charge >= 0.3 is 0 Å². The number of nitrogens with zero attached hydrogens (tertiary/aromatic N) is 5. The number of H-pyrrole nitrogens is 1. The Morgan fingerprint density at radius 3 is 2.88 bits per heavy atom. The van der Waals surface area contributed by atoms with Crippen molar-refractivity contribution >= 4 is 22.5 Å². The highest BCUT2D eigenvalue weighted by Crippen LogP contribution is 2.22. The third kappa shape index (κ3) is 2.82. The number of thiophene rings is 1. The van der Waals surface area contributed by atoms with Gasteiger partial charge in [0.2, 0.25) is 0 Å². The summed E-state index contributed by atoms with van der Waals surface area (Å²) in [6.07, 6.45) is 5.60. The van der Waals surface area contributed by atoms with Gasteiger partial charge in [-0.2, -0.15) is 10.2 Å². The normalized spacial score (nSPS) is 11.4. The monoisotopic (exact) mass is 360 g/mol. The Bertz CT molecular complexity index is 1130. The second kappa shape index (κ2) is 6.27. The number of hydrogen-bond donors (Lipinski definition) is 1. The van der Waals surface area contributed by atoms with E-state index < -0.39 is 0 Å². The van der Waals surface area contributed by atoms with Crippen LogP contribution in [0, 0.1) is 0 Å². The van der Waals surface area contributed by atoms with Gasteiger partial charge < -0.3 is 4.98 Å². The lowest BCUT2D eigenvalue weighted by Gasteiger charge is -2.04. The highest BCUT2D eigenvalue weighted by atomic mass is 32.1. The molecule has 6 nitrogen and oxygen atoms in total. The van der Waals surface area contributed by atoms with Crippen LogP contribution in [0.3, 0.4) is 0 Å². The van der Waals surface area contributed by atoms with Crippen LogP contribution in [0.2, 0.25) is 0 Å². The van der Waals surface area contributed by atoms with Crippen molar-refractivity contribution in [2.45, 2.75) is 13.1 Å². The fourth-order valence-corrected chi connectivity index (χ4v) is 3.73. The molecule has 0 unspecified atom stereocenters. The molecule has 5 rings (SSSR count). The number of hydrogen-bond acceptors (Lipinski definition) is 4. The van der Waals surface area contributed by atoms with Crippen LogP contribution >= 0.6 is 11.3 Å². The minimum absolute atomic E-state index is 0.741. The first-order chi connectivity index (χ1) is 12.8. The Labute approximate surface area is 153 Å². The third-order valence-corrected chi connectivity index (χ3v) is 5.13. The maximum atomic E-state index is 4.79. The first kappa shape index (κ1) is 15.1. The molecule has 0 atom stereocenters. The summed E-state index contributed by atoms with van der Waals surface area (Å²) in [6, 6.07) is 14.5. The highest BCUT2D eigenvalue weighted by Gasteiger charge is 2.11. The molecule has 0 aliphatic heterocycles. The van der Waals surface area contributed by atoms with Crippen molar-refractivity contribution < 1.29 is 0 Å². The smallest absolute Gasteiger partial charge is 0.177 e. The van der Waals surface area contributed by atoms with Gasteiger partial charge in [-0.3, -0.25) is 4.68 Å². The van der Waals surface area contributed by atoms with Crippen LogP contribution in [-0.4, -0.2) is 29.5 Å². The predicted molar refractivity (Wildman–Crippen MR) is 102 cm³/mol. The van der Waals surface area contributed by atoms with Gasteiger partial charge in [-0.15, -0.1) is 11.3 Å². The van der Waals surface area contributed by atoms with Gasteiger partial charge in [0.05, 0.1) is 19.3 Å². The van der Waals surface area contributed by atoms with Crippen LogP contribution in [0.15, 0.2) is 66.4 Å². The summed E-state index contributed by atoms with van der Waals surface area (Å²) in [7, 11) is 0. The lowest BCUT2D eigenvalue weighted by atomic mass is 10.1. The molecule has 0 aliphatic carbocycles. The first-order valence-electron chi connectivity index (χ1n) is 8.36. The molecule has 0 radical (unpaired) electrons. The van der Waals surface area contributed by atoms with E-state index in [9.17, 15) is 0 Å². The lowest BCUT2D eigenvalue weighted by Crippen LogP contribution is -2.00. The topological polar surface area (TPSA) is 64.3 Å². The average Bonchev–Trinajstić information content (AvgIpc) is 3.42. The average molecular weight is 360 g/mol. The summed E-state index contributed by atoms with van der Waals surface area (Å²) < 4.78 is 3.85. The summed E-state index contributed by atoms with van der Waals surface area (Å²) >= 11 is 1.73. The molecule has 1 N–H and O–H groups in total. The van der Waals surface area contributed by atoms with Gasteiger partial charge in [-0.05, 0) is 29.1 Å². The highest BCUT2D eigenvalue weighted by molar-refractivity contribution is 7.09. The lowest BCUT2D eigenvalue weighted by molar-refractivity contribution is 0.687. The van der Waals surface area contributed by atoms with Gasteiger partial charge in [0.25, 0.3) is 0 Å². The molecule has 26 heavy (non-hydrogen) atoms. The number of imidazole rings is 1. The van der Waals surface area contributed by atoms with Crippen molar-refractivity contribution in [3.8, 4) is 11.4 Å². The van der Waals surface area contributed by atoms with E-state index in [1.54, 1.807) is 17.5 Å². The molecule has 4 heterocycles. The van der Waals surface area contributed by atoms with Gasteiger partial charge in [0, 0.05) is 22.8 Å². The number of rotatable bonds is 5. The van der Waals surface area contributed by atoms with Crippen LogP contribution in [0.1, 0.15) is 10.4 Å². The number of benzene rings is 1. The predicted octanol–water partition coefficient (Wildman–Crippen LogP) is 3.78. The zero-order valence-corrected chi connectivity index (χ0v) is 14.7. The van der Waals surface area contributed by atoms with E-state index >= 15 is 0 Å². The summed E-state index contributed by atoms with van der Waals surface area (Å²) in [5.74, 6) is 0.861. The van der Waals surface area contributed by atoms with Crippen LogP contribution in [0.5, 0.6) is 0 Å². The molecular weight excluding hydrogens is 344 g/mol. The molecule has 128 valence electrons. The molecule has 5 aromatic rings. The van der Waals surface area contributed by atoms with Gasteiger partial charge in [-0.1, -0.05) is 24.3 Å². The summed E-state index contributed by atoms with van der Waals surface area (Å²) in [5, 5.41) is 10.8. The molecule has 0 fully saturated rings. The fraction of sp³-hybridized carbons (Fsp3) is 0.105. The van der Waals surface area contributed by atoms with E-state index in [0.717, 1.165) is 35.6 Å². The fourth-order valence-electron chi connectivity index (χ4n) is 3.05. The van der Waals surface area contributed by atoms with Crippen molar-refractivity contribution in [3.05, 3.63) is 76.9 Å². The quantitative estimate of drug-likeness (QED) is 0.519. The minimum Gasteiger partial charge on any atom is -0.335 e. The van der Waals surface area contributed by atoms with E-state index in [2.05, 4.69) is 57.0 Å². The van der Waals surface area contributed by atoms with E-state index in [4.69, 9.17) is 4.98 Å². The number of aromatic amines is 1. The van der Waals surface area contributed by atoms with Crippen molar-refractivity contribution in [1.82, 2.24) is 29.5 Å². The number of nitrogens with one attached hydrogen (secondary N) is 1. The third-order valence-electron chi connectivity index (χ3n) is 4.27. The zero-order chi connectivity index (χ0) is 17.3. The van der Waals surface area contributed by atoms with Crippen LogP contribution in [0.4, 0.5) is 0 Å². The first-order valence-corrected chi connectivity index (χ1v) is 9.24. The Hall–Kier alpha value is -3.19. The maximum absolute atomic E-state index is 4.79. The van der Waals surface area contributed by atoms with Gasteiger partial charge in [-0.25, -0.2) is 9.67 Å². The second-order valence-electron chi connectivity index (χ2n) is 6.11. The Kier molecular flexibility index (Phi) is 3.64. The Balaban J connectivity index is 1.46. The van der Waals surface area contributed by atoms with E-state index in [-0.39, 0.29) is 0 Å². The minimum atomic E-state index is 0.741. The Morgan fingerprint density at radius 2 is 2.04 bits per heavy atom. The summed E-state index contributed by atoms with van der Waals surface area (Å²) in [6.45, 7) is 1.48. The Morgan fingerprint density at radius 1 is 1.04 bits per heavy atom. The molecule has 4 aromatic heterocycles. The molecular formula is C19H16N6S. The van der Waals surface area contributed by atoms with E-state index in [0.29, 0.717) is 0 Å². The zero-order valence-electron chi connectivity index (χ0n) is 13.9. The molecule has 0 amide bonds. The summed E-state index contributed by atoms with van der Waals surface area (Å²) in [5.41, 5.74) is 4.08. The van der Waals surface area contributed by atoms with Crippen molar-refractivity contribution in [1.29, 1.82) is 0 Å². The van der Waals surface area contributed by atoms with Crippen LogP contribution < -0.4 is 0 Å². The maximum Gasteiger partial charge on any atom is 0.177 e. The molecule has 0 saturated carbocycles. The molecule has 7 heteroatoms.